The van der Waals surface area contributed by atoms with E-state index in [0.29, 0.717) is 5.69 Å². The Kier molecular flexibility index (Phi) is 2.45. The van der Waals surface area contributed by atoms with Gasteiger partial charge in [-0.1, -0.05) is 6.07 Å². The van der Waals surface area contributed by atoms with E-state index in [4.69, 9.17) is 0 Å². The van der Waals surface area contributed by atoms with Gasteiger partial charge in [0, 0.05) is 23.3 Å². The van der Waals surface area contributed by atoms with Crippen molar-refractivity contribution in [1.29, 1.82) is 0 Å². The highest BCUT2D eigenvalue weighted by Gasteiger charge is 2.07. The lowest BCUT2D eigenvalue weighted by Gasteiger charge is -2.04. The molecule has 0 spiro atoms. The summed E-state index contributed by atoms with van der Waals surface area (Å²) >= 11 is 1.37. The molecule has 0 amide bonds. The van der Waals surface area contributed by atoms with Gasteiger partial charge in [-0.15, -0.1) is 11.3 Å². The van der Waals surface area contributed by atoms with Crippen molar-refractivity contribution in [3.05, 3.63) is 53.4 Å². The summed E-state index contributed by atoms with van der Waals surface area (Å²) in [6, 6.07) is 6.72. The van der Waals surface area contributed by atoms with Gasteiger partial charge in [-0.05, 0) is 18.2 Å². The van der Waals surface area contributed by atoms with Gasteiger partial charge in [-0.25, -0.2) is 14.1 Å². The molecule has 0 aliphatic rings. The van der Waals surface area contributed by atoms with Crippen LogP contribution in [0.5, 0.6) is 0 Å². The van der Waals surface area contributed by atoms with Gasteiger partial charge in [0.05, 0.1) is 5.69 Å². The summed E-state index contributed by atoms with van der Waals surface area (Å²) in [6.07, 6.45) is 3.32. The lowest BCUT2D eigenvalue weighted by molar-refractivity contribution is 0.611. The van der Waals surface area contributed by atoms with Crippen LogP contribution < -0.4 is 0 Å². The highest BCUT2D eigenvalue weighted by atomic mass is 32.1. The van der Waals surface area contributed by atoms with E-state index in [2.05, 4.69) is 15.6 Å². The molecule has 3 nitrogen and oxygen atoms in total. The van der Waals surface area contributed by atoms with Crippen LogP contribution in [0.1, 0.15) is 0 Å². The molecule has 5 heteroatoms. The minimum atomic E-state index is -0.320. The van der Waals surface area contributed by atoms with Gasteiger partial charge in [0.15, 0.2) is 5.51 Å². The van der Waals surface area contributed by atoms with Crippen molar-refractivity contribution in [3.8, 4) is 16.9 Å². The summed E-state index contributed by atoms with van der Waals surface area (Å²) in [5, 5.41) is 5.83. The first kappa shape index (κ1) is 10.2. The first-order valence-corrected chi connectivity index (χ1v) is 5.84. The standard InChI is InChI=1S/C12H7FN3S/c13-10-6-9(11-7-17-8-14-11)2-3-12(10)16-5-1-4-15-16/h1-7H. The lowest BCUT2D eigenvalue weighted by Crippen LogP contribution is -1.98. The SMILES string of the molecule is Fc1cc(-c2cs[c]n2)ccc1-n1cccn1. The molecule has 1 aromatic carbocycles. The highest BCUT2D eigenvalue weighted by Crippen LogP contribution is 2.22. The predicted molar refractivity (Wildman–Crippen MR) is 63.5 cm³/mol. The fourth-order valence-electron chi connectivity index (χ4n) is 1.58. The number of halogens is 1. The Labute approximate surface area is 101 Å². The van der Waals surface area contributed by atoms with Crippen LogP contribution in [0.25, 0.3) is 16.9 Å². The summed E-state index contributed by atoms with van der Waals surface area (Å²) in [4.78, 5) is 4.02. The Morgan fingerprint density at radius 1 is 1.35 bits per heavy atom. The normalized spacial score (nSPS) is 10.6. The second-order valence-corrected chi connectivity index (χ2v) is 4.09. The number of benzene rings is 1. The van der Waals surface area contributed by atoms with Gasteiger partial charge in [0.2, 0.25) is 0 Å². The summed E-state index contributed by atoms with van der Waals surface area (Å²) in [5.41, 5.74) is 4.65. The Hall–Kier alpha value is -2.01. The summed E-state index contributed by atoms with van der Waals surface area (Å²) in [5.74, 6) is -0.320. The average molecular weight is 244 g/mol. The van der Waals surface area contributed by atoms with E-state index < -0.39 is 0 Å². The largest absolute Gasteiger partial charge is 0.238 e. The highest BCUT2D eigenvalue weighted by molar-refractivity contribution is 7.07. The average Bonchev–Trinajstić information content (AvgIpc) is 3.02. The minimum Gasteiger partial charge on any atom is -0.238 e. The number of hydrogen-bond acceptors (Lipinski definition) is 3. The molecule has 3 rings (SSSR count). The van der Waals surface area contributed by atoms with Crippen LogP contribution in [-0.2, 0) is 0 Å². The molecule has 2 heterocycles. The zero-order chi connectivity index (χ0) is 11.7. The molecule has 0 atom stereocenters. The van der Waals surface area contributed by atoms with Crippen LogP contribution in [0.4, 0.5) is 4.39 Å². The van der Waals surface area contributed by atoms with Gasteiger partial charge in [-0.3, -0.25) is 0 Å². The van der Waals surface area contributed by atoms with E-state index in [-0.39, 0.29) is 5.82 Å². The molecule has 0 aliphatic heterocycles. The third-order valence-electron chi connectivity index (χ3n) is 2.38. The van der Waals surface area contributed by atoms with Crippen molar-refractivity contribution in [2.75, 3.05) is 0 Å². The van der Waals surface area contributed by atoms with Gasteiger partial charge >= 0.3 is 0 Å². The van der Waals surface area contributed by atoms with Crippen molar-refractivity contribution >= 4 is 11.3 Å². The van der Waals surface area contributed by atoms with Gasteiger partial charge in [0.1, 0.15) is 11.5 Å². The van der Waals surface area contributed by atoms with Crippen LogP contribution >= 0.6 is 11.3 Å². The smallest absolute Gasteiger partial charge is 0.152 e. The number of hydrogen-bond donors (Lipinski definition) is 0. The van der Waals surface area contributed by atoms with E-state index in [1.807, 2.05) is 11.4 Å². The van der Waals surface area contributed by atoms with E-state index in [1.165, 1.54) is 22.1 Å². The maximum Gasteiger partial charge on any atom is 0.152 e. The number of rotatable bonds is 2. The Morgan fingerprint density at radius 3 is 2.94 bits per heavy atom. The van der Waals surface area contributed by atoms with E-state index >= 15 is 0 Å². The van der Waals surface area contributed by atoms with Gasteiger partial charge in [0.25, 0.3) is 0 Å². The van der Waals surface area contributed by atoms with E-state index in [9.17, 15) is 4.39 Å². The molecule has 0 saturated heterocycles. The molecule has 0 fully saturated rings. The van der Waals surface area contributed by atoms with Crippen molar-refractivity contribution < 1.29 is 4.39 Å². The molecule has 1 radical (unpaired) electrons. The topological polar surface area (TPSA) is 30.7 Å². The number of aromatic nitrogens is 3. The fourth-order valence-corrected chi connectivity index (χ4v) is 2.08. The van der Waals surface area contributed by atoms with E-state index in [1.54, 1.807) is 24.5 Å². The Morgan fingerprint density at radius 2 is 2.29 bits per heavy atom. The third kappa shape index (κ3) is 1.85. The Bertz CT molecular complexity index is 617. The fraction of sp³-hybridized carbons (Fsp3) is 0. The molecule has 2 aromatic heterocycles. The van der Waals surface area contributed by atoms with Crippen LogP contribution in [0.15, 0.2) is 42.0 Å². The second kappa shape index (κ2) is 4.10. The molecule has 17 heavy (non-hydrogen) atoms. The molecular formula is C12H7FN3S. The van der Waals surface area contributed by atoms with Crippen LogP contribution in [0, 0.1) is 11.3 Å². The lowest BCUT2D eigenvalue weighted by atomic mass is 10.1. The molecule has 83 valence electrons. The first-order chi connectivity index (χ1) is 8.34. The monoisotopic (exact) mass is 244 g/mol. The molecule has 3 aromatic rings. The maximum absolute atomic E-state index is 13.9. The molecule has 0 saturated carbocycles. The quantitative estimate of drug-likeness (QED) is 0.694. The molecular weight excluding hydrogens is 237 g/mol. The third-order valence-corrected chi connectivity index (χ3v) is 2.92. The molecule has 0 aliphatic carbocycles. The zero-order valence-electron chi connectivity index (χ0n) is 8.67. The van der Waals surface area contributed by atoms with Crippen LogP contribution in [-0.4, -0.2) is 14.8 Å². The molecule has 0 bridgehead atoms. The van der Waals surface area contributed by atoms with Crippen molar-refractivity contribution in [3.63, 3.8) is 0 Å². The number of thiazole rings is 1. The van der Waals surface area contributed by atoms with Gasteiger partial charge in [-0.2, -0.15) is 5.10 Å². The first-order valence-electron chi connectivity index (χ1n) is 4.96. The summed E-state index contributed by atoms with van der Waals surface area (Å²) in [7, 11) is 0. The zero-order valence-corrected chi connectivity index (χ0v) is 9.49. The second-order valence-electron chi connectivity index (χ2n) is 3.44. The summed E-state index contributed by atoms with van der Waals surface area (Å²) < 4.78 is 15.4. The van der Waals surface area contributed by atoms with Crippen molar-refractivity contribution in [2.45, 2.75) is 0 Å². The minimum absolute atomic E-state index is 0.320. The predicted octanol–water partition coefficient (Wildman–Crippen LogP) is 2.94. The number of nitrogens with zero attached hydrogens (tertiary/aromatic N) is 3. The van der Waals surface area contributed by atoms with Gasteiger partial charge < -0.3 is 0 Å². The summed E-state index contributed by atoms with van der Waals surface area (Å²) in [6.45, 7) is 0. The van der Waals surface area contributed by atoms with Crippen LogP contribution in [0.3, 0.4) is 0 Å². The molecule has 0 N–H and O–H groups in total. The van der Waals surface area contributed by atoms with E-state index in [0.717, 1.165) is 11.3 Å². The maximum atomic E-state index is 13.9. The van der Waals surface area contributed by atoms with Crippen molar-refractivity contribution in [1.82, 2.24) is 14.8 Å². The molecule has 0 unspecified atom stereocenters. The Balaban J connectivity index is 2.06. The van der Waals surface area contributed by atoms with Crippen LogP contribution in [0.2, 0.25) is 0 Å². The van der Waals surface area contributed by atoms with Crippen molar-refractivity contribution in [2.24, 2.45) is 0 Å².